The molecule has 0 spiro atoms. The second-order valence-corrected chi connectivity index (χ2v) is 11.9. The van der Waals surface area contributed by atoms with Gasteiger partial charge in [0.1, 0.15) is 12.6 Å². The molecular formula is C27H28Cl3N3O4S. The molecule has 0 saturated heterocycles. The Morgan fingerprint density at radius 2 is 1.63 bits per heavy atom. The van der Waals surface area contributed by atoms with Crippen molar-refractivity contribution in [2.75, 3.05) is 24.2 Å². The van der Waals surface area contributed by atoms with Gasteiger partial charge in [0.15, 0.2) is 0 Å². The average molecular weight is 597 g/mol. The van der Waals surface area contributed by atoms with Crippen LogP contribution in [0.25, 0.3) is 0 Å². The normalized spacial score (nSPS) is 12.1. The number of nitrogens with zero attached hydrogens (tertiary/aromatic N) is 2. The molecule has 3 rings (SSSR count). The van der Waals surface area contributed by atoms with E-state index in [4.69, 9.17) is 34.8 Å². The zero-order valence-corrected chi connectivity index (χ0v) is 24.2. The monoisotopic (exact) mass is 595 g/mol. The summed E-state index contributed by atoms with van der Waals surface area (Å²) in [5.74, 6) is -0.998. The Balaban J connectivity index is 2.08. The molecule has 0 unspecified atom stereocenters. The number of halogens is 3. The van der Waals surface area contributed by atoms with Crippen LogP contribution in [0, 0.1) is 6.92 Å². The van der Waals surface area contributed by atoms with Crippen LogP contribution in [0.3, 0.4) is 0 Å². The van der Waals surface area contributed by atoms with Gasteiger partial charge >= 0.3 is 0 Å². The summed E-state index contributed by atoms with van der Waals surface area (Å²) < 4.78 is 26.7. The molecule has 0 aliphatic carbocycles. The summed E-state index contributed by atoms with van der Waals surface area (Å²) >= 11 is 18.7. The van der Waals surface area contributed by atoms with Gasteiger partial charge in [0, 0.05) is 35.1 Å². The molecule has 0 aliphatic heterocycles. The van der Waals surface area contributed by atoms with Crippen molar-refractivity contribution in [3.05, 3.63) is 98.5 Å². The molecule has 3 aromatic carbocycles. The van der Waals surface area contributed by atoms with Crippen molar-refractivity contribution in [2.45, 2.75) is 25.9 Å². The van der Waals surface area contributed by atoms with Gasteiger partial charge in [0.25, 0.3) is 0 Å². The molecule has 0 heterocycles. The molecule has 202 valence electrons. The fraction of sp³-hybridized carbons (Fsp3) is 0.259. The van der Waals surface area contributed by atoms with E-state index in [1.807, 2.05) is 30.3 Å². The number of anilines is 1. The third-order valence-electron chi connectivity index (χ3n) is 6.06. The molecule has 11 heteroatoms. The lowest BCUT2D eigenvalue weighted by Crippen LogP contribution is -2.53. The maximum atomic E-state index is 13.9. The summed E-state index contributed by atoms with van der Waals surface area (Å²) in [6.07, 6.45) is 1.22. The summed E-state index contributed by atoms with van der Waals surface area (Å²) in [7, 11) is -2.42. The summed E-state index contributed by atoms with van der Waals surface area (Å²) in [6.45, 7) is 1.08. The van der Waals surface area contributed by atoms with Crippen LogP contribution in [-0.2, 0) is 32.6 Å². The number of hydrogen-bond donors (Lipinski definition) is 1. The van der Waals surface area contributed by atoms with Gasteiger partial charge in [-0.3, -0.25) is 13.9 Å². The largest absolute Gasteiger partial charge is 0.357 e. The highest BCUT2D eigenvalue weighted by Crippen LogP contribution is 2.29. The highest BCUT2D eigenvalue weighted by atomic mass is 35.5. The summed E-state index contributed by atoms with van der Waals surface area (Å²) in [5.41, 5.74) is 2.16. The van der Waals surface area contributed by atoms with Crippen molar-refractivity contribution < 1.29 is 18.0 Å². The third kappa shape index (κ3) is 7.41. The Morgan fingerprint density at radius 1 is 0.947 bits per heavy atom. The second-order valence-electron chi connectivity index (χ2n) is 8.73. The number of carbonyl (C=O) groups is 2. The molecular weight excluding hydrogens is 569 g/mol. The number of nitrogens with one attached hydrogen (secondary N) is 1. The fourth-order valence-corrected chi connectivity index (χ4v) is 5.55. The minimum absolute atomic E-state index is 0.0497. The van der Waals surface area contributed by atoms with Crippen molar-refractivity contribution in [1.29, 1.82) is 0 Å². The van der Waals surface area contributed by atoms with Crippen LogP contribution in [0.5, 0.6) is 0 Å². The van der Waals surface area contributed by atoms with Gasteiger partial charge in [-0.2, -0.15) is 0 Å². The average Bonchev–Trinajstić information content (AvgIpc) is 2.87. The molecule has 38 heavy (non-hydrogen) atoms. The number of benzene rings is 3. The minimum Gasteiger partial charge on any atom is -0.357 e. The maximum Gasteiger partial charge on any atom is 0.244 e. The number of amides is 2. The lowest BCUT2D eigenvalue weighted by molar-refractivity contribution is -0.139. The standard InChI is InChI=1S/C27H28Cl3N3O4S/c1-18-22(29)10-7-11-24(18)33(38(3,36)37)17-26(34)32(16-20-12-13-21(28)15-23(20)30)25(27(35)31-2)14-19-8-5-4-6-9-19/h4-13,15,25H,14,16-17H2,1-3H3,(H,31,35)/t25-/m1/s1. The third-order valence-corrected chi connectivity index (χ3v) is 8.18. The molecule has 0 aliphatic rings. The van der Waals surface area contributed by atoms with Crippen LogP contribution in [0.4, 0.5) is 5.69 Å². The number of likely N-dealkylation sites (N-methyl/N-ethyl adjacent to an activating group) is 1. The Kier molecular flexibility index (Phi) is 10.1. The highest BCUT2D eigenvalue weighted by Gasteiger charge is 2.33. The lowest BCUT2D eigenvalue weighted by atomic mass is 10.0. The van der Waals surface area contributed by atoms with E-state index in [-0.39, 0.29) is 18.7 Å². The quantitative estimate of drug-likeness (QED) is 0.353. The van der Waals surface area contributed by atoms with Crippen LogP contribution in [0.2, 0.25) is 15.1 Å². The molecule has 7 nitrogen and oxygen atoms in total. The van der Waals surface area contributed by atoms with Gasteiger partial charge in [0.2, 0.25) is 21.8 Å². The zero-order chi connectivity index (χ0) is 28.0. The van der Waals surface area contributed by atoms with E-state index in [9.17, 15) is 18.0 Å². The smallest absolute Gasteiger partial charge is 0.244 e. The van der Waals surface area contributed by atoms with Crippen molar-refractivity contribution in [3.8, 4) is 0 Å². The van der Waals surface area contributed by atoms with Crippen molar-refractivity contribution in [1.82, 2.24) is 10.2 Å². The van der Waals surface area contributed by atoms with Crippen molar-refractivity contribution >= 4 is 62.3 Å². The first-order valence-electron chi connectivity index (χ1n) is 11.6. The van der Waals surface area contributed by atoms with Crippen LogP contribution in [0.15, 0.2) is 66.7 Å². The van der Waals surface area contributed by atoms with E-state index < -0.39 is 34.4 Å². The Labute approximate surface area is 238 Å². The highest BCUT2D eigenvalue weighted by molar-refractivity contribution is 7.92. The van der Waals surface area contributed by atoms with E-state index in [0.717, 1.165) is 16.1 Å². The lowest BCUT2D eigenvalue weighted by Gasteiger charge is -2.33. The minimum atomic E-state index is -3.90. The number of rotatable bonds is 10. The van der Waals surface area contributed by atoms with Gasteiger partial charge in [-0.05, 0) is 47.9 Å². The number of carbonyl (C=O) groups excluding carboxylic acids is 2. The molecule has 1 atom stereocenters. The number of sulfonamides is 1. The molecule has 0 fully saturated rings. The SMILES string of the molecule is CNC(=O)[C@@H](Cc1ccccc1)N(Cc1ccc(Cl)cc1Cl)C(=O)CN(c1cccc(Cl)c1C)S(C)(=O)=O. The molecule has 2 amide bonds. The van der Waals surface area contributed by atoms with Gasteiger partial charge in [-0.25, -0.2) is 8.42 Å². The van der Waals surface area contributed by atoms with E-state index in [1.54, 1.807) is 43.3 Å². The van der Waals surface area contributed by atoms with Crippen LogP contribution in [0.1, 0.15) is 16.7 Å². The first-order chi connectivity index (χ1) is 17.9. The summed E-state index contributed by atoms with van der Waals surface area (Å²) in [4.78, 5) is 28.4. The molecule has 1 N–H and O–H groups in total. The van der Waals surface area contributed by atoms with Gasteiger partial charge < -0.3 is 10.2 Å². The van der Waals surface area contributed by atoms with E-state index in [1.165, 1.54) is 11.9 Å². The molecule has 0 saturated carbocycles. The first kappa shape index (κ1) is 29.8. The zero-order valence-electron chi connectivity index (χ0n) is 21.1. The van der Waals surface area contributed by atoms with Crippen molar-refractivity contribution in [3.63, 3.8) is 0 Å². The van der Waals surface area contributed by atoms with E-state index >= 15 is 0 Å². The molecule has 0 aromatic heterocycles. The topological polar surface area (TPSA) is 86.8 Å². The van der Waals surface area contributed by atoms with Crippen LogP contribution in [-0.4, -0.2) is 51.0 Å². The molecule has 0 bridgehead atoms. The second kappa shape index (κ2) is 12.8. The Hall–Kier alpha value is -2.78. The van der Waals surface area contributed by atoms with Crippen molar-refractivity contribution in [2.24, 2.45) is 0 Å². The molecule has 0 radical (unpaired) electrons. The maximum absolute atomic E-state index is 13.9. The van der Waals surface area contributed by atoms with Gasteiger partial charge in [0.05, 0.1) is 11.9 Å². The Bertz CT molecular complexity index is 1420. The van der Waals surface area contributed by atoms with Gasteiger partial charge in [-0.15, -0.1) is 0 Å². The van der Waals surface area contributed by atoms with Crippen LogP contribution >= 0.6 is 34.8 Å². The van der Waals surface area contributed by atoms with E-state index in [2.05, 4.69) is 5.32 Å². The van der Waals surface area contributed by atoms with E-state index in [0.29, 0.717) is 26.2 Å². The first-order valence-corrected chi connectivity index (χ1v) is 14.6. The predicted molar refractivity (Wildman–Crippen MR) is 153 cm³/mol. The fourth-order valence-electron chi connectivity index (χ4n) is 4.02. The summed E-state index contributed by atoms with van der Waals surface area (Å²) in [6, 6.07) is 18.0. The number of hydrogen-bond acceptors (Lipinski definition) is 4. The van der Waals surface area contributed by atoms with Crippen LogP contribution < -0.4 is 9.62 Å². The molecule has 3 aromatic rings. The Morgan fingerprint density at radius 3 is 2.24 bits per heavy atom. The summed E-state index contributed by atoms with van der Waals surface area (Å²) in [5, 5.41) is 3.72. The predicted octanol–water partition coefficient (Wildman–Crippen LogP) is 5.11. The van der Waals surface area contributed by atoms with Gasteiger partial charge in [-0.1, -0.05) is 77.3 Å².